The zero-order valence-corrected chi connectivity index (χ0v) is 20.3. The van der Waals surface area contributed by atoms with E-state index in [-0.39, 0.29) is 4.92 Å². The first-order chi connectivity index (χ1) is 17.1. The van der Waals surface area contributed by atoms with Crippen molar-refractivity contribution in [3.63, 3.8) is 0 Å². The van der Waals surface area contributed by atoms with Crippen LogP contribution in [0.5, 0.6) is 0 Å². The van der Waals surface area contributed by atoms with Crippen molar-refractivity contribution in [1.82, 2.24) is 0 Å². The maximum Gasteiger partial charge on any atom is 0.348 e. The number of rotatable bonds is 9. The maximum absolute atomic E-state index is 13.9. The number of hydrogen-bond acceptors (Lipinski definition) is 4. The highest BCUT2D eigenvalue weighted by atomic mass is 31.2. The molecule has 4 aromatic rings. The lowest BCUT2D eigenvalue weighted by molar-refractivity contribution is -0.483. The third kappa shape index (κ3) is 4.87. The van der Waals surface area contributed by atoms with Crippen LogP contribution in [-0.2, 0) is 9.53 Å². The van der Waals surface area contributed by atoms with E-state index in [4.69, 9.17) is 4.74 Å². The van der Waals surface area contributed by atoms with E-state index in [1.807, 2.05) is 121 Å². The minimum Gasteiger partial charge on any atom is -0.466 e. The fourth-order valence-electron chi connectivity index (χ4n) is 4.88. The molecule has 0 aliphatic heterocycles. The second-order valence-corrected chi connectivity index (χ2v) is 11.8. The topological polar surface area (TPSA) is 69.4 Å². The average Bonchev–Trinajstić information content (AvgIpc) is 2.92. The largest absolute Gasteiger partial charge is 0.466 e. The van der Waals surface area contributed by atoms with E-state index in [0.717, 1.165) is 21.5 Å². The summed E-state index contributed by atoms with van der Waals surface area (Å²) in [5.74, 6) is -1.15. The van der Waals surface area contributed by atoms with Gasteiger partial charge in [0.25, 0.3) is 0 Å². The number of nitro groups is 1. The van der Waals surface area contributed by atoms with Crippen LogP contribution >= 0.6 is 7.26 Å². The summed E-state index contributed by atoms with van der Waals surface area (Å²) in [6.45, 7) is -0.391. The van der Waals surface area contributed by atoms with Gasteiger partial charge < -0.3 is 4.74 Å². The highest BCUT2D eigenvalue weighted by Gasteiger charge is 2.60. The van der Waals surface area contributed by atoms with E-state index in [0.29, 0.717) is 0 Å². The summed E-state index contributed by atoms with van der Waals surface area (Å²) in [7, 11) is -1.43. The molecular formula is C29H27NO4P+. The molecule has 176 valence electrons. The third-order valence-electron chi connectivity index (χ3n) is 6.30. The summed E-state index contributed by atoms with van der Waals surface area (Å²) in [4.78, 5) is 25.5. The Morgan fingerprint density at radius 1 is 0.743 bits per heavy atom. The van der Waals surface area contributed by atoms with Gasteiger partial charge in [0.2, 0.25) is 6.54 Å². The lowest BCUT2D eigenvalue weighted by Gasteiger charge is -2.36. The van der Waals surface area contributed by atoms with E-state index in [1.165, 1.54) is 7.11 Å². The smallest absolute Gasteiger partial charge is 0.348 e. The minimum absolute atomic E-state index is 0.330. The number of carbonyl (C=O) groups excluding carboxylic acids is 1. The van der Waals surface area contributed by atoms with Crippen molar-refractivity contribution < 1.29 is 14.5 Å². The molecule has 4 aromatic carbocycles. The van der Waals surface area contributed by atoms with Gasteiger partial charge in [-0.2, -0.15) is 0 Å². The number of methoxy groups -OCH3 is 1. The van der Waals surface area contributed by atoms with Crippen molar-refractivity contribution in [3.8, 4) is 0 Å². The molecule has 0 saturated carbocycles. The molecule has 0 saturated heterocycles. The summed E-state index contributed by atoms with van der Waals surface area (Å²) in [5.41, 5.74) is -0.0701. The predicted octanol–water partition coefficient (Wildman–Crippen LogP) is 4.58. The van der Waals surface area contributed by atoms with Gasteiger partial charge in [-0.15, -0.1) is 0 Å². The average molecular weight is 485 g/mol. The Labute approximate surface area is 205 Å². The molecule has 5 nitrogen and oxygen atoms in total. The number of ether oxygens (including phenoxy) is 1. The first-order valence-corrected chi connectivity index (χ1v) is 13.2. The van der Waals surface area contributed by atoms with Gasteiger partial charge in [-0.3, -0.25) is 10.1 Å². The van der Waals surface area contributed by atoms with Crippen molar-refractivity contribution in [1.29, 1.82) is 0 Å². The van der Waals surface area contributed by atoms with Gasteiger partial charge >= 0.3 is 5.97 Å². The first kappa shape index (κ1) is 24.3. The van der Waals surface area contributed by atoms with Crippen LogP contribution in [0.3, 0.4) is 0 Å². The fourth-order valence-corrected chi connectivity index (χ4v) is 9.89. The first-order valence-electron chi connectivity index (χ1n) is 11.4. The number of hydrogen-bond donors (Lipinski definition) is 0. The Balaban J connectivity index is 2.14. The Hall–Kier alpha value is -3.82. The van der Waals surface area contributed by atoms with Gasteiger partial charge in [0, 0.05) is 4.92 Å². The second kappa shape index (κ2) is 11.1. The summed E-state index contributed by atoms with van der Waals surface area (Å²) < 4.78 is 5.43. The molecule has 35 heavy (non-hydrogen) atoms. The molecular weight excluding hydrogens is 457 g/mol. The normalized spacial score (nSPS) is 12.9. The SMILES string of the molecule is COC(=O)[C@@H]([C@H](C[N+](=O)[O-])c1ccccc1)[P+](c1ccccc1)(c1ccccc1)c1ccccc1. The van der Waals surface area contributed by atoms with Gasteiger partial charge in [-0.05, 0) is 42.0 Å². The molecule has 0 aliphatic carbocycles. The van der Waals surface area contributed by atoms with Crippen LogP contribution in [0.2, 0.25) is 0 Å². The lowest BCUT2D eigenvalue weighted by Crippen LogP contribution is -2.47. The highest BCUT2D eigenvalue weighted by molar-refractivity contribution is 7.96. The number of carbonyl (C=O) groups is 1. The molecule has 6 heteroatoms. The van der Waals surface area contributed by atoms with Crippen molar-refractivity contribution in [3.05, 3.63) is 137 Å². The molecule has 0 fully saturated rings. The van der Waals surface area contributed by atoms with Gasteiger partial charge in [0.15, 0.2) is 5.66 Å². The van der Waals surface area contributed by atoms with Crippen molar-refractivity contribution in [2.24, 2.45) is 0 Å². The van der Waals surface area contributed by atoms with E-state index < -0.39 is 31.4 Å². The van der Waals surface area contributed by atoms with E-state index >= 15 is 0 Å². The van der Waals surface area contributed by atoms with E-state index in [9.17, 15) is 14.9 Å². The molecule has 0 aliphatic rings. The molecule has 0 radical (unpaired) electrons. The molecule has 0 spiro atoms. The molecule has 0 amide bonds. The summed E-state index contributed by atoms with van der Waals surface area (Å²) in [5, 5.41) is 14.9. The van der Waals surface area contributed by atoms with Crippen LogP contribution in [-0.4, -0.2) is 30.2 Å². The van der Waals surface area contributed by atoms with Gasteiger partial charge in [0.1, 0.15) is 23.2 Å². The monoisotopic (exact) mass is 484 g/mol. The van der Waals surface area contributed by atoms with Gasteiger partial charge in [-0.25, -0.2) is 4.79 Å². The fraction of sp³-hybridized carbons (Fsp3) is 0.138. The Morgan fingerprint density at radius 2 is 1.11 bits per heavy atom. The van der Waals surface area contributed by atoms with Crippen LogP contribution in [0.25, 0.3) is 0 Å². The Kier molecular flexibility index (Phi) is 7.69. The Morgan fingerprint density at radius 3 is 1.46 bits per heavy atom. The van der Waals surface area contributed by atoms with Gasteiger partial charge in [-0.1, -0.05) is 84.9 Å². The summed E-state index contributed by atoms with van der Waals surface area (Å²) in [6, 6.07) is 39.0. The molecule has 0 aromatic heterocycles. The molecule has 0 heterocycles. The molecule has 4 rings (SSSR count). The molecule has 0 unspecified atom stereocenters. The molecule has 2 atom stereocenters. The number of esters is 1. The number of benzene rings is 4. The van der Waals surface area contributed by atoms with Crippen LogP contribution in [0.4, 0.5) is 0 Å². The van der Waals surface area contributed by atoms with Crippen LogP contribution in [0.15, 0.2) is 121 Å². The van der Waals surface area contributed by atoms with Crippen LogP contribution < -0.4 is 15.9 Å². The summed E-state index contributed by atoms with van der Waals surface area (Å²) >= 11 is 0. The third-order valence-corrected chi connectivity index (χ3v) is 11.0. The van der Waals surface area contributed by atoms with E-state index in [2.05, 4.69) is 0 Å². The lowest BCUT2D eigenvalue weighted by atomic mass is 9.95. The zero-order chi connectivity index (χ0) is 24.7. The quantitative estimate of drug-likeness (QED) is 0.151. The van der Waals surface area contributed by atoms with Crippen LogP contribution in [0, 0.1) is 10.1 Å². The minimum atomic E-state index is -2.79. The standard InChI is InChI=1S/C29H27NO4P/c1-34-29(31)28(27(22-30(32)33)23-14-6-2-7-15-23)35(24-16-8-3-9-17-24,25-18-10-4-11-19-25)26-20-12-5-13-21-26/h2-21,27-28H,22H2,1H3/q+1/t27-,28-/m1/s1. The maximum atomic E-state index is 13.9. The van der Waals surface area contributed by atoms with Crippen LogP contribution in [0.1, 0.15) is 11.5 Å². The van der Waals surface area contributed by atoms with Crippen molar-refractivity contribution in [2.45, 2.75) is 11.6 Å². The summed E-state index contributed by atoms with van der Waals surface area (Å²) in [6.07, 6.45) is 0. The second-order valence-electron chi connectivity index (χ2n) is 8.23. The molecule has 0 N–H and O–H groups in total. The Bertz CT molecular complexity index is 1150. The zero-order valence-electron chi connectivity index (χ0n) is 19.4. The highest BCUT2D eigenvalue weighted by Crippen LogP contribution is 2.63. The van der Waals surface area contributed by atoms with Crippen molar-refractivity contribution in [2.75, 3.05) is 13.7 Å². The van der Waals surface area contributed by atoms with E-state index in [1.54, 1.807) is 0 Å². The molecule has 0 bridgehead atoms. The number of nitrogens with zero attached hydrogens (tertiary/aromatic N) is 1. The predicted molar refractivity (Wildman–Crippen MR) is 142 cm³/mol. The van der Waals surface area contributed by atoms with Gasteiger partial charge in [0.05, 0.1) is 13.0 Å². The van der Waals surface area contributed by atoms with Crippen molar-refractivity contribution >= 4 is 29.1 Å².